The molecule has 2 heterocycles. The first-order valence-electron chi connectivity index (χ1n) is 9.13. The van der Waals surface area contributed by atoms with E-state index in [0.29, 0.717) is 37.4 Å². The number of carbonyl (C=O) groups is 2. The Kier molecular flexibility index (Phi) is 6.19. The molecular formula is C19H24N6O2. The van der Waals surface area contributed by atoms with Crippen LogP contribution in [0.4, 0.5) is 16.4 Å². The lowest BCUT2D eigenvalue weighted by Crippen LogP contribution is -2.47. The Morgan fingerprint density at radius 2 is 1.78 bits per heavy atom. The molecule has 1 aliphatic rings. The normalized spacial score (nSPS) is 14.5. The highest BCUT2D eigenvalue weighted by molar-refractivity contribution is 5.94. The molecule has 142 valence electrons. The highest BCUT2D eigenvalue weighted by atomic mass is 16.2. The third-order valence-corrected chi connectivity index (χ3v) is 4.39. The lowest BCUT2D eigenvalue weighted by atomic mass is 10.0. The summed E-state index contributed by atoms with van der Waals surface area (Å²) in [5.74, 6) is 0.317. The van der Waals surface area contributed by atoms with Gasteiger partial charge in [-0.1, -0.05) is 18.2 Å². The van der Waals surface area contributed by atoms with E-state index >= 15 is 0 Å². The average Bonchev–Trinajstić information content (AvgIpc) is 2.70. The first-order valence-corrected chi connectivity index (χ1v) is 9.13. The van der Waals surface area contributed by atoms with Crippen molar-refractivity contribution in [2.24, 2.45) is 0 Å². The van der Waals surface area contributed by atoms with E-state index in [1.165, 1.54) is 12.4 Å². The van der Waals surface area contributed by atoms with Gasteiger partial charge in [-0.05, 0) is 31.9 Å². The Balaban J connectivity index is 1.46. The van der Waals surface area contributed by atoms with Crippen LogP contribution in [0.3, 0.4) is 0 Å². The van der Waals surface area contributed by atoms with Crippen molar-refractivity contribution in [1.29, 1.82) is 0 Å². The van der Waals surface area contributed by atoms with Gasteiger partial charge in [-0.3, -0.25) is 4.79 Å². The van der Waals surface area contributed by atoms with Crippen LogP contribution in [0.5, 0.6) is 0 Å². The summed E-state index contributed by atoms with van der Waals surface area (Å²) in [4.78, 5) is 34.6. The van der Waals surface area contributed by atoms with Crippen LogP contribution in [0, 0.1) is 0 Å². The number of aromatic nitrogens is 2. The highest BCUT2D eigenvalue weighted by Crippen LogP contribution is 2.14. The first-order chi connectivity index (χ1) is 13.2. The number of likely N-dealkylation sites (tertiary alicyclic amines) is 1. The van der Waals surface area contributed by atoms with Crippen LogP contribution < -0.4 is 16.0 Å². The number of anilines is 2. The molecule has 1 fully saturated rings. The second-order valence-corrected chi connectivity index (χ2v) is 6.36. The molecule has 1 aliphatic heterocycles. The number of urea groups is 1. The Labute approximate surface area is 158 Å². The molecule has 3 amide bonds. The smallest absolute Gasteiger partial charge is 0.321 e. The van der Waals surface area contributed by atoms with Crippen LogP contribution in [-0.4, -0.2) is 52.5 Å². The molecule has 0 aliphatic carbocycles. The van der Waals surface area contributed by atoms with E-state index in [9.17, 15) is 9.59 Å². The number of hydrogen-bond acceptors (Lipinski definition) is 5. The summed E-state index contributed by atoms with van der Waals surface area (Å²) in [6.07, 6.45) is 4.46. The van der Waals surface area contributed by atoms with Crippen LogP contribution in [0.25, 0.3) is 0 Å². The zero-order valence-electron chi connectivity index (χ0n) is 15.3. The molecule has 1 aromatic carbocycles. The van der Waals surface area contributed by atoms with E-state index in [-0.39, 0.29) is 18.0 Å². The quantitative estimate of drug-likeness (QED) is 0.752. The molecular weight excluding hydrogens is 344 g/mol. The number of benzene rings is 1. The number of piperidine rings is 1. The van der Waals surface area contributed by atoms with Crippen LogP contribution in [-0.2, 0) is 0 Å². The minimum atomic E-state index is -0.190. The van der Waals surface area contributed by atoms with Crippen molar-refractivity contribution in [3.8, 4) is 0 Å². The van der Waals surface area contributed by atoms with Gasteiger partial charge in [0.15, 0.2) is 0 Å². The van der Waals surface area contributed by atoms with Gasteiger partial charge in [0.2, 0.25) is 5.95 Å². The van der Waals surface area contributed by atoms with Crippen molar-refractivity contribution in [3.63, 3.8) is 0 Å². The standard InChI is InChI=1S/C19H24N6O2/c1-2-20-18-21-12-14(13-22-18)17(26)23-16-8-10-25(11-9-16)19(27)24-15-6-4-3-5-7-15/h3-7,12-13,16H,2,8-11H2,1H3,(H,23,26)(H,24,27)(H,20,21,22). The predicted octanol–water partition coefficient (Wildman–Crippen LogP) is 2.33. The number of rotatable bonds is 5. The SMILES string of the molecule is CCNc1ncc(C(=O)NC2CCN(C(=O)Nc3ccccc3)CC2)cn1. The zero-order chi connectivity index (χ0) is 19.1. The minimum absolute atomic E-state index is 0.0340. The number of carbonyl (C=O) groups excluding carboxylic acids is 2. The van der Waals surface area contributed by atoms with Crippen LogP contribution in [0.15, 0.2) is 42.7 Å². The van der Waals surface area contributed by atoms with Crippen molar-refractivity contribution in [3.05, 3.63) is 48.3 Å². The molecule has 0 radical (unpaired) electrons. The molecule has 0 bridgehead atoms. The van der Waals surface area contributed by atoms with E-state index in [4.69, 9.17) is 0 Å². The number of nitrogens with one attached hydrogen (secondary N) is 3. The largest absolute Gasteiger partial charge is 0.355 e. The Morgan fingerprint density at radius 3 is 2.41 bits per heavy atom. The molecule has 8 nitrogen and oxygen atoms in total. The van der Waals surface area contributed by atoms with Gasteiger partial charge in [0.25, 0.3) is 5.91 Å². The summed E-state index contributed by atoms with van der Waals surface area (Å²) >= 11 is 0. The summed E-state index contributed by atoms with van der Waals surface area (Å²) in [5, 5.41) is 8.87. The maximum absolute atomic E-state index is 12.3. The topological polar surface area (TPSA) is 99.3 Å². The highest BCUT2D eigenvalue weighted by Gasteiger charge is 2.24. The van der Waals surface area contributed by atoms with Gasteiger partial charge in [0.1, 0.15) is 0 Å². The maximum atomic E-state index is 12.3. The Bertz CT molecular complexity index is 758. The summed E-state index contributed by atoms with van der Waals surface area (Å²) < 4.78 is 0. The molecule has 3 rings (SSSR count). The third-order valence-electron chi connectivity index (χ3n) is 4.39. The number of hydrogen-bond donors (Lipinski definition) is 3. The van der Waals surface area contributed by atoms with Crippen molar-refractivity contribution in [1.82, 2.24) is 20.2 Å². The molecule has 0 saturated carbocycles. The number of nitrogens with zero attached hydrogens (tertiary/aromatic N) is 3. The van der Waals surface area contributed by atoms with E-state index in [1.54, 1.807) is 4.90 Å². The maximum Gasteiger partial charge on any atom is 0.321 e. The van der Waals surface area contributed by atoms with Crippen LogP contribution >= 0.6 is 0 Å². The fraction of sp³-hybridized carbons (Fsp3) is 0.368. The summed E-state index contributed by atoms with van der Waals surface area (Å²) in [5.41, 5.74) is 1.21. The van der Waals surface area contributed by atoms with Gasteiger partial charge in [0.05, 0.1) is 5.56 Å². The fourth-order valence-electron chi connectivity index (χ4n) is 2.91. The van der Waals surface area contributed by atoms with E-state index in [0.717, 1.165) is 12.2 Å². The lowest BCUT2D eigenvalue weighted by molar-refractivity contribution is 0.0918. The van der Waals surface area contributed by atoms with Crippen LogP contribution in [0.2, 0.25) is 0 Å². The van der Waals surface area contributed by atoms with E-state index in [1.807, 2.05) is 37.3 Å². The summed E-state index contributed by atoms with van der Waals surface area (Å²) in [7, 11) is 0. The minimum Gasteiger partial charge on any atom is -0.355 e. The second-order valence-electron chi connectivity index (χ2n) is 6.36. The van der Waals surface area contributed by atoms with Gasteiger partial charge >= 0.3 is 6.03 Å². The van der Waals surface area contributed by atoms with E-state index in [2.05, 4.69) is 25.9 Å². The van der Waals surface area contributed by atoms with Gasteiger partial charge < -0.3 is 20.9 Å². The van der Waals surface area contributed by atoms with Gasteiger partial charge in [-0.2, -0.15) is 0 Å². The van der Waals surface area contributed by atoms with Crippen molar-refractivity contribution < 1.29 is 9.59 Å². The van der Waals surface area contributed by atoms with Crippen LogP contribution in [0.1, 0.15) is 30.1 Å². The second kappa shape index (κ2) is 8.98. The molecule has 0 atom stereocenters. The first kappa shape index (κ1) is 18.6. The van der Waals surface area contributed by atoms with Crippen molar-refractivity contribution in [2.45, 2.75) is 25.8 Å². The number of amides is 3. The Hall–Kier alpha value is -3.16. The monoisotopic (exact) mass is 368 g/mol. The zero-order valence-corrected chi connectivity index (χ0v) is 15.3. The summed E-state index contributed by atoms with van der Waals surface area (Å²) in [6.45, 7) is 3.87. The predicted molar refractivity (Wildman–Crippen MR) is 104 cm³/mol. The van der Waals surface area contributed by atoms with Gasteiger partial charge in [-0.15, -0.1) is 0 Å². The lowest BCUT2D eigenvalue weighted by Gasteiger charge is -2.32. The molecule has 0 spiro atoms. The fourth-order valence-corrected chi connectivity index (χ4v) is 2.91. The van der Waals surface area contributed by atoms with Crippen molar-refractivity contribution >= 4 is 23.6 Å². The van der Waals surface area contributed by atoms with Gasteiger partial charge in [0, 0.05) is 43.8 Å². The van der Waals surface area contributed by atoms with E-state index < -0.39 is 0 Å². The molecule has 8 heteroatoms. The van der Waals surface area contributed by atoms with Gasteiger partial charge in [-0.25, -0.2) is 14.8 Å². The molecule has 1 aromatic heterocycles. The molecule has 0 unspecified atom stereocenters. The van der Waals surface area contributed by atoms with Crippen molar-refractivity contribution in [2.75, 3.05) is 30.3 Å². The summed E-state index contributed by atoms with van der Waals surface area (Å²) in [6, 6.07) is 9.30. The Morgan fingerprint density at radius 1 is 1.11 bits per heavy atom. The third kappa shape index (κ3) is 5.16. The number of para-hydroxylation sites is 1. The average molecular weight is 368 g/mol. The molecule has 27 heavy (non-hydrogen) atoms. The molecule has 1 saturated heterocycles. The molecule has 2 aromatic rings. The molecule has 3 N–H and O–H groups in total.